The van der Waals surface area contributed by atoms with Gasteiger partial charge >= 0.3 is 0 Å². The Labute approximate surface area is 117 Å². The molecular weight excluding hydrogens is 260 g/mol. The second kappa shape index (κ2) is 5.70. The summed E-state index contributed by atoms with van der Waals surface area (Å²) in [5.41, 5.74) is 0.253. The van der Waals surface area contributed by atoms with E-state index in [2.05, 4.69) is 24.1 Å². The maximum Gasteiger partial charge on any atom is 0.153 e. The Balaban J connectivity index is 1.95. The molecule has 2 atom stereocenters. The Kier molecular flexibility index (Phi) is 4.58. The average molecular weight is 288 g/mol. The Morgan fingerprint density at radius 2 is 2.11 bits per heavy atom. The Bertz CT molecular complexity index is 400. The zero-order chi connectivity index (χ0) is 14.1. The number of piperidine rings is 1. The highest BCUT2D eigenvalue weighted by Crippen LogP contribution is 2.33. The van der Waals surface area contributed by atoms with Crippen molar-refractivity contribution in [2.45, 2.75) is 39.7 Å². The maximum atomic E-state index is 11.6. The van der Waals surface area contributed by atoms with Crippen LogP contribution in [0.15, 0.2) is 0 Å². The van der Waals surface area contributed by atoms with Gasteiger partial charge in [0.15, 0.2) is 9.84 Å². The van der Waals surface area contributed by atoms with E-state index in [4.69, 9.17) is 0 Å². The summed E-state index contributed by atoms with van der Waals surface area (Å²) < 4.78 is 23.3. The molecule has 112 valence electrons. The molecule has 19 heavy (non-hydrogen) atoms. The van der Waals surface area contributed by atoms with Gasteiger partial charge in [-0.1, -0.05) is 13.8 Å². The summed E-state index contributed by atoms with van der Waals surface area (Å²) >= 11 is 0. The van der Waals surface area contributed by atoms with Gasteiger partial charge in [0.1, 0.15) is 0 Å². The van der Waals surface area contributed by atoms with Crippen molar-refractivity contribution in [2.24, 2.45) is 11.3 Å². The molecule has 4 nitrogen and oxygen atoms in total. The SMILES string of the molecule is CC1CS(=O)(=O)CCN1CC(C)(C)C1CCCNC1. The van der Waals surface area contributed by atoms with Crippen LogP contribution in [-0.4, -0.2) is 57.0 Å². The van der Waals surface area contributed by atoms with Crippen molar-refractivity contribution in [1.29, 1.82) is 0 Å². The predicted octanol–water partition coefficient (Wildman–Crippen LogP) is 1.13. The zero-order valence-electron chi connectivity index (χ0n) is 12.5. The molecule has 0 aliphatic carbocycles. The van der Waals surface area contributed by atoms with E-state index in [0.717, 1.165) is 19.6 Å². The number of hydrogen-bond donors (Lipinski definition) is 1. The standard InChI is InChI=1S/C14H28N2O2S/c1-12-10-19(17,18)8-7-16(12)11-14(2,3)13-5-4-6-15-9-13/h12-13,15H,4-11H2,1-3H3. The van der Waals surface area contributed by atoms with E-state index in [1.165, 1.54) is 12.8 Å². The minimum Gasteiger partial charge on any atom is -0.316 e. The summed E-state index contributed by atoms with van der Waals surface area (Å²) in [5, 5.41) is 3.49. The van der Waals surface area contributed by atoms with Gasteiger partial charge in [0.25, 0.3) is 0 Å². The van der Waals surface area contributed by atoms with Crippen LogP contribution in [0, 0.1) is 11.3 Å². The average Bonchev–Trinajstić information content (AvgIpc) is 2.33. The van der Waals surface area contributed by atoms with Gasteiger partial charge in [0.05, 0.1) is 11.5 Å². The van der Waals surface area contributed by atoms with Gasteiger partial charge in [-0.2, -0.15) is 0 Å². The molecular formula is C14H28N2O2S. The third-order valence-corrected chi connectivity index (χ3v) is 6.62. The van der Waals surface area contributed by atoms with Crippen molar-refractivity contribution >= 4 is 9.84 Å². The summed E-state index contributed by atoms with van der Waals surface area (Å²) in [6, 6.07) is 0.162. The molecule has 2 fully saturated rings. The lowest BCUT2D eigenvalue weighted by Crippen LogP contribution is -2.52. The molecule has 0 saturated carbocycles. The van der Waals surface area contributed by atoms with Crippen LogP contribution in [0.2, 0.25) is 0 Å². The van der Waals surface area contributed by atoms with Crippen LogP contribution in [-0.2, 0) is 9.84 Å². The number of rotatable bonds is 3. The topological polar surface area (TPSA) is 49.4 Å². The van der Waals surface area contributed by atoms with Gasteiger partial charge in [0, 0.05) is 19.1 Å². The fourth-order valence-electron chi connectivity index (χ4n) is 3.44. The van der Waals surface area contributed by atoms with Crippen molar-refractivity contribution in [2.75, 3.05) is 37.7 Å². The van der Waals surface area contributed by atoms with Crippen molar-refractivity contribution < 1.29 is 8.42 Å². The molecule has 5 heteroatoms. The van der Waals surface area contributed by atoms with Crippen LogP contribution < -0.4 is 5.32 Å². The Hall–Kier alpha value is -0.130. The van der Waals surface area contributed by atoms with E-state index in [9.17, 15) is 8.42 Å². The van der Waals surface area contributed by atoms with E-state index in [0.29, 0.717) is 24.0 Å². The van der Waals surface area contributed by atoms with E-state index >= 15 is 0 Å². The lowest BCUT2D eigenvalue weighted by molar-refractivity contribution is 0.0846. The van der Waals surface area contributed by atoms with Gasteiger partial charge in [-0.15, -0.1) is 0 Å². The predicted molar refractivity (Wildman–Crippen MR) is 79.1 cm³/mol. The van der Waals surface area contributed by atoms with Crippen LogP contribution in [0.3, 0.4) is 0 Å². The Morgan fingerprint density at radius 3 is 2.68 bits per heavy atom. The fraction of sp³-hybridized carbons (Fsp3) is 1.00. The van der Waals surface area contributed by atoms with E-state index < -0.39 is 9.84 Å². The first-order valence-corrected chi connectivity index (χ1v) is 9.27. The molecule has 0 aromatic heterocycles. The first-order chi connectivity index (χ1) is 8.80. The number of hydrogen-bond acceptors (Lipinski definition) is 4. The molecule has 0 bridgehead atoms. The summed E-state index contributed by atoms with van der Waals surface area (Å²) in [6.07, 6.45) is 2.55. The summed E-state index contributed by atoms with van der Waals surface area (Å²) in [7, 11) is -2.80. The second-order valence-electron chi connectivity index (χ2n) is 6.97. The third-order valence-electron chi connectivity index (χ3n) is 4.82. The molecule has 0 aromatic carbocycles. The summed E-state index contributed by atoms with van der Waals surface area (Å²) in [6.45, 7) is 10.7. The highest BCUT2D eigenvalue weighted by Gasteiger charge is 2.36. The lowest BCUT2D eigenvalue weighted by Gasteiger charge is -2.43. The molecule has 0 radical (unpaired) electrons. The fourth-order valence-corrected chi connectivity index (χ4v) is 5.06. The van der Waals surface area contributed by atoms with Gasteiger partial charge in [0.2, 0.25) is 0 Å². The molecule has 2 aliphatic heterocycles. The molecule has 0 amide bonds. The van der Waals surface area contributed by atoms with E-state index in [1.807, 2.05) is 6.92 Å². The van der Waals surface area contributed by atoms with Crippen molar-refractivity contribution in [3.05, 3.63) is 0 Å². The largest absolute Gasteiger partial charge is 0.316 e. The lowest BCUT2D eigenvalue weighted by atomic mass is 9.74. The highest BCUT2D eigenvalue weighted by molar-refractivity contribution is 7.91. The molecule has 2 rings (SSSR count). The smallest absolute Gasteiger partial charge is 0.153 e. The zero-order valence-corrected chi connectivity index (χ0v) is 13.3. The van der Waals surface area contributed by atoms with Gasteiger partial charge in [-0.3, -0.25) is 4.90 Å². The van der Waals surface area contributed by atoms with E-state index in [1.54, 1.807) is 0 Å². The quantitative estimate of drug-likeness (QED) is 0.846. The third kappa shape index (κ3) is 3.92. The van der Waals surface area contributed by atoms with Gasteiger partial charge in [-0.05, 0) is 44.2 Å². The molecule has 2 unspecified atom stereocenters. The normalized spacial score (nSPS) is 33.2. The van der Waals surface area contributed by atoms with Crippen LogP contribution in [0.5, 0.6) is 0 Å². The maximum absolute atomic E-state index is 11.6. The van der Waals surface area contributed by atoms with Gasteiger partial charge in [-0.25, -0.2) is 8.42 Å². The van der Waals surface area contributed by atoms with Crippen LogP contribution in [0.25, 0.3) is 0 Å². The van der Waals surface area contributed by atoms with Crippen molar-refractivity contribution in [3.8, 4) is 0 Å². The molecule has 1 N–H and O–H groups in total. The van der Waals surface area contributed by atoms with Crippen LogP contribution in [0.4, 0.5) is 0 Å². The van der Waals surface area contributed by atoms with Crippen molar-refractivity contribution in [1.82, 2.24) is 10.2 Å². The van der Waals surface area contributed by atoms with Crippen LogP contribution in [0.1, 0.15) is 33.6 Å². The highest BCUT2D eigenvalue weighted by atomic mass is 32.2. The number of nitrogens with zero attached hydrogens (tertiary/aromatic N) is 1. The monoisotopic (exact) mass is 288 g/mol. The molecule has 2 heterocycles. The number of nitrogens with one attached hydrogen (secondary N) is 1. The second-order valence-corrected chi connectivity index (χ2v) is 9.19. The van der Waals surface area contributed by atoms with Crippen molar-refractivity contribution in [3.63, 3.8) is 0 Å². The first-order valence-electron chi connectivity index (χ1n) is 7.45. The minimum absolute atomic E-state index is 0.162. The number of sulfone groups is 1. The summed E-state index contributed by atoms with van der Waals surface area (Å²) in [5.74, 6) is 1.36. The molecule has 2 saturated heterocycles. The Morgan fingerprint density at radius 1 is 1.37 bits per heavy atom. The van der Waals surface area contributed by atoms with Crippen LogP contribution >= 0.6 is 0 Å². The molecule has 2 aliphatic rings. The minimum atomic E-state index is -2.80. The summed E-state index contributed by atoms with van der Waals surface area (Å²) in [4.78, 5) is 2.37. The first kappa shape index (κ1) is 15.3. The molecule has 0 spiro atoms. The molecule has 0 aromatic rings. The van der Waals surface area contributed by atoms with Gasteiger partial charge < -0.3 is 5.32 Å². The van der Waals surface area contributed by atoms with E-state index in [-0.39, 0.29) is 11.5 Å².